The lowest BCUT2D eigenvalue weighted by molar-refractivity contribution is -0.139. The number of aromatic nitrogens is 1. The van der Waals surface area contributed by atoms with E-state index in [-0.39, 0.29) is 5.56 Å². The van der Waals surface area contributed by atoms with E-state index in [0.29, 0.717) is 29.0 Å². The lowest BCUT2D eigenvalue weighted by Crippen LogP contribution is -2.23. The van der Waals surface area contributed by atoms with Crippen LogP contribution in [0.5, 0.6) is 0 Å². The first kappa shape index (κ1) is 16.1. The van der Waals surface area contributed by atoms with Crippen LogP contribution in [-0.4, -0.2) is 27.9 Å². The van der Waals surface area contributed by atoms with Gasteiger partial charge in [-0.05, 0) is 37.0 Å². The van der Waals surface area contributed by atoms with Crippen LogP contribution in [-0.2, 0) is 11.2 Å². The van der Waals surface area contributed by atoms with Crippen molar-refractivity contribution in [2.45, 2.75) is 25.2 Å². The molecule has 8 heteroatoms. The molecule has 2 aromatic heterocycles. The molecule has 1 unspecified atom stereocenters. The summed E-state index contributed by atoms with van der Waals surface area (Å²) in [6.45, 7) is 0. The second kappa shape index (κ2) is 6.40. The van der Waals surface area contributed by atoms with Gasteiger partial charge in [-0.2, -0.15) is 0 Å². The van der Waals surface area contributed by atoms with Crippen LogP contribution in [0.1, 0.15) is 49.9 Å². The molecule has 2 heterocycles. The Bertz CT molecular complexity index is 816. The molecule has 124 valence electrons. The minimum atomic E-state index is -0.985. The van der Waals surface area contributed by atoms with Crippen molar-refractivity contribution in [2.75, 3.05) is 5.32 Å². The van der Waals surface area contributed by atoms with Crippen LogP contribution in [0.2, 0.25) is 0 Å². The SMILES string of the molecule is NC(=O)c1c(NC(=O)c2cccnc2)sc2c1C(C(=O)O)CCC2. The van der Waals surface area contributed by atoms with E-state index >= 15 is 0 Å². The molecule has 4 N–H and O–H groups in total. The molecular weight excluding hydrogens is 330 g/mol. The molecule has 0 radical (unpaired) electrons. The number of rotatable bonds is 4. The maximum atomic E-state index is 12.3. The highest BCUT2D eigenvalue weighted by Crippen LogP contribution is 2.43. The Kier molecular flexibility index (Phi) is 4.30. The number of carboxylic acid groups (broad SMARTS) is 1. The summed E-state index contributed by atoms with van der Waals surface area (Å²) in [6.07, 6.45) is 4.81. The molecule has 2 aromatic rings. The van der Waals surface area contributed by atoms with Crippen molar-refractivity contribution in [1.82, 2.24) is 4.98 Å². The number of hydrogen-bond acceptors (Lipinski definition) is 5. The number of anilines is 1. The fourth-order valence-corrected chi connectivity index (χ4v) is 4.21. The Balaban J connectivity index is 2.01. The average molecular weight is 345 g/mol. The second-order valence-electron chi connectivity index (χ2n) is 5.49. The molecule has 0 fully saturated rings. The standard InChI is InChI=1S/C16H15N3O4S/c17-13(20)12-11-9(16(22)23)4-1-5-10(11)24-15(12)19-14(21)8-3-2-6-18-7-8/h2-3,6-7,9H,1,4-5H2,(H2,17,20)(H,19,21)(H,22,23). The van der Waals surface area contributed by atoms with E-state index in [1.165, 1.54) is 17.5 Å². The van der Waals surface area contributed by atoms with Crippen molar-refractivity contribution in [3.63, 3.8) is 0 Å². The third-order valence-electron chi connectivity index (χ3n) is 3.96. The average Bonchev–Trinajstić information content (AvgIpc) is 2.93. The molecule has 2 amide bonds. The number of carbonyl (C=O) groups is 3. The van der Waals surface area contributed by atoms with Crippen LogP contribution in [0.4, 0.5) is 5.00 Å². The van der Waals surface area contributed by atoms with Crippen molar-refractivity contribution < 1.29 is 19.5 Å². The molecule has 0 bridgehead atoms. The first-order valence-corrected chi connectivity index (χ1v) is 8.20. The molecule has 7 nitrogen and oxygen atoms in total. The zero-order valence-corrected chi connectivity index (χ0v) is 13.4. The molecule has 1 aliphatic carbocycles. The molecule has 1 atom stereocenters. The van der Waals surface area contributed by atoms with Gasteiger partial charge in [0.25, 0.3) is 11.8 Å². The quantitative estimate of drug-likeness (QED) is 0.782. The summed E-state index contributed by atoms with van der Waals surface area (Å²) in [5.74, 6) is -2.91. The Morgan fingerprint density at radius 1 is 1.38 bits per heavy atom. The Labute approximate surface area is 141 Å². The van der Waals surface area contributed by atoms with Crippen LogP contribution < -0.4 is 11.1 Å². The maximum Gasteiger partial charge on any atom is 0.311 e. The highest BCUT2D eigenvalue weighted by molar-refractivity contribution is 7.17. The predicted octanol–water partition coefficient (Wildman–Crippen LogP) is 2.00. The highest BCUT2D eigenvalue weighted by Gasteiger charge is 2.34. The fourth-order valence-electron chi connectivity index (χ4n) is 2.91. The number of carbonyl (C=O) groups excluding carboxylic acids is 2. The van der Waals surface area contributed by atoms with Crippen LogP contribution >= 0.6 is 11.3 Å². The van der Waals surface area contributed by atoms with Gasteiger partial charge in [-0.15, -0.1) is 11.3 Å². The van der Waals surface area contributed by atoms with Crippen molar-refractivity contribution in [3.8, 4) is 0 Å². The van der Waals surface area contributed by atoms with Crippen molar-refractivity contribution in [1.29, 1.82) is 0 Å². The molecule has 1 aliphatic rings. The summed E-state index contributed by atoms with van der Waals surface area (Å²) in [4.78, 5) is 40.4. The van der Waals surface area contributed by atoms with Crippen LogP contribution in [0.3, 0.4) is 0 Å². The first-order chi connectivity index (χ1) is 11.5. The van der Waals surface area contributed by atoms with E-state index in [9.17, 15) is 19.5 Å². The van der Waals surface area contributed by atoms with E-state index in [1.54, 1.807) is 18.3 Å². The number of nitrogens with one attached hydrogen (secondary N) is 1. The third-order valence-corrected chi connectivity index (χ3v) is 5.14. The van der Waals surface area contributed by atoms with Gasteiger partial charge in [-0.1, -0.05) is 0 Å². The monoisotopic (exact) mass is 345 g/mol. The molecule has 0 saturated carbocycles. The Morgan fingerprint density at radius 3 is 2.79 bits per heavy atom. The smallest absolute Gasteiger partial charge is 0.311 e. The molecule has 0 saturated heterocycles. The van der Waals surface area contributed by atoms with Gasteiger partial charge < -0.3 is 16.2 Å². The number of thiophene rings is 1. The van der Waals surface area contributed by atoms with E-state index in [0.717, 1.165) is 11.3 Å². The van der Waals surface area contributed by atoms with Gasteiger partial charge in [0, 0.05) is 17.3 Å². The Hall–Kier alpha value is -2.74. The number of primary amides is 1. The number of amides is 2. The van der Waals surface area contributed by atoms with Gasteiger partial charge in [0.2, 0.25) is 0 Å². The number of nitrogens with zero attached hydrogens (tertiary/aromatic N) is 1. The zero-order valence-electron chi connectivity index (χ0n) is 12.6. The van der Waals surface area contributed by atoms with Gasteiger partial charge >= 0.3 is 5.97 Å². The van der Waals surface area contributed by atoms with Crippen LogP contribution in [0.15, 0.2) is 24.5 Å². The van der Waals surface area contributed by atoms with Crippen LogP contribution in [0.25, 0.3) is 0 Å². The highest BCUT2D eigenvalue weighted by atomic mass is 32.1. The fraction of sp³-hybridized carbons (Fsp3) is 0.250. The normalized spacial score (nSPS) is 16.2. The molecule has 3 rings (SSSR count). The van der Waals surface area contributed by atoms with Crippen molar-refractivity contribution >= 4 is 34.1 Å². The van der Waals surface area contributed by atoms with E-state index < -0.39 is 23.7 Å². The molecule has 0 aromatic carbocycles. The number of pyridine rings is 1. The molecular formula is C16H15N3O4S. The molecule has 24 heavy (non-hydrogen) atoms. The number of hydrogen-bond donors (Lipinski definition) is 3. The van der Waals surface area contributed by atoms with E-state index in [2.05, 4.69) is 10.3 Å². The van der Waals surface area contributed by atoms with Crippen molar-refractivity contribution in [2.24, 2.45) is 5.73 Å². The van der Waals surface area contributed by atoms with E-state index in [4.69, 9.17) is 5.73 Å². The predicted molar refractivity (Wildman–Crippen MR) is 88.3 cm³/mol. The van der Waals surface area contributed by atoms with Gasteiger partial charge in [0.1, 0.15) is 5.00 Å². The summed E-state index contributed by atoms with van der Waals surface area (Å²) in [5, 5.41) is 12.4. The summed E-state index contributed by atoms with van der Waals surface area (Å²) in [7, 11) is 0. The number of aliphatic carboxylic acids is 1. The summed E-state index contributed by atoms with van der Waals surface area (Å²) in [6, 6.07) is 3.23. The zero-order chi connectivity index (χ0) is 17.3. The summed E-state index contributed by atoms with van der Waals surface area (Å²) < 4.78 is 0. The largest absolute Gasteiger partial charge is 0.481 e. The number of aryl methyl sites for hydroxylation is 1. The first-order valence-electron chi connectivity index (χ1n) is 7.38. The Morgan fingerprint density at radius 2 is 2.17 bits per heavy atom. The minimum Gasteiger partial charge on any atom is -0.481 e. The molecule has 0 aliphatic heterocycles. The van der Waals surface area contributed by atoms with E-state index in [1.807, 2.05) is 0 Å². The summed E-state index contributed by atoms with van der Waals surface area (Å²) >= 11 is 1.22. The maximum absolute atomic E-state index is 12.3. The van der Waals surface area contributed by atoms with Gasteiger partial charge in [0.15, 0.2) is 0 Å². The second-order valence-corrected chi connectivity index (χ2v) is 6.59. The minimum absolute atomic E-state index is 0.111. The van der Waals surface area contributed by atoms with Gasteiger partial charge in [0.05, 0.1) is 17.0 Å². The molecule has 0 spiro atoms. The number of nitrogens with two attached hydrogens (primary N) is 1. The number of fused-ring (bicyclic) bond motifs is 1. The summed E-state index contributed by atoms with van der Waals surface area (Å²) in [5.41, 5.74) is 6.37. The lowest BCUT2D eigenvalue weighted by Gasteiger charge is -2.19. The van der Waals surface area contributed by atoms with Gasteiger partial charge in [-0.25, -0.2) is 0 Å². The topological polar surface area (TPSA) is 122 Å². The number of carboxylic acids is 1. The van der Waals surface area contributed by atoms with Crippen LogP contribution in [0, 0.1) is 0 Å². The lowest BCUT2D eigenvalue weighted by atomic mass is 9.85. The third kappa shape index (κ3) is 2.88. The van der Waals surface area contributed by atoms with Crippen molar-refractivity contribution in [3.05, 3.63) is 46.1 Å². The van der Waals surface area contributed by atoms with Gasteiger partial charge in [-0.3, -0.25) is 19.4 Å².